The van der Waals surface area contributed by atoms with E-state index >= 15 is 0 Å². The Balaban J connectivity index is 2.41. The van der Waals surface area contributed by atoms with Crippen molar-refractivity contribution in [3.8, 4) is 5.75 Å². The molecule has 0 aliphatic heterocycles. The van der Waals surface area contributed by atoms with Crippen molar-refractivity contribution in [2.75, 3.05) is 7.11 Å². The van der Waals surface area contributed by atoms with Gasteiger partial charge in [0.2, 0.25) is 11.1 Å². The van der Waals surface area contributed by atoms with E-state index in [-0.39, 0.29) is 28.0 Å². The first kappa shape index (κ1) is 17.2. The third kappa shape index (κ3) is 2.92. The van der Waals surface area contributed by atoms with Gasteiger partial charge in [0.1, 0.15) is 17.2 Å². The smallest absolute Gasteiger partial charge is 0.268 e. The number of rotatable bonds is 5. The van der Waals surface area contributed by atoms with Gasteiger partial charge in [-0.1, -0.05) is 27.2 Å². The summed E-state index contributed by atoms with van der Waals surface area (Å²) in [5.74, 6) is 1.26. The molecule has 0 aliphatic carbocycles. The molecule has 0 saturated heterocycles. The van der Waals surface area contributed by atoms with Gasteiger partial charge < -0.3 is 9.15 Å². The van der Waals surface area contributed by atoms with Crippen molar-refractivity contribution in [2.24, 2.45) is 0 Å². The largest absolute Gasteiger partial charge is 0.497 e. The summed E-state index contributed by atoms with van der Waals surface area (Å²) in [6.07, 6.45) is 1.80. The third-order valence-electron chi connectivity index (χ3n) is 4.28. The van der Waals surface area contributed by atoms with Gasteiger partial charge in [0, 0.05) is 18.5 Å². The molecule has 0 aliphatic rings. The number of fused-ring (bicyclic) bond motifs is 2. The lowest BCUT2D eigenvalue weighted by Crippen LogP contribution is -2.29. The van der Waals surface area contributed by atoms with E-state index in [9.17, 15) is 9.59 Å². The topological polar surface area (TPSA) is 74.3 Å². The Morgan fingerprint density at radius 3 is 2.68 bits per heavy atom. The van der Waals surface area contributed by atoms with Crippen LogP contribution >= 0.6 is 0 Å². The zero-order valence-corrected chi connectivity index (χ0v) is 15.0. The van der Waals surface area contributed by atoms with E-state index in [2.05, 4.69) is 11.9 Å². The second kappa shape index (κ2) is 6.70. The summed E-state index contributed by atoms with van der Waals surface area (Å²) in [4.78, 5) is 30.4. The van der Waals surface area contributed by atoms with Crippen LogP contribution in [0.2, 0.25) is 0 Å². The maximum atomic E-state index is 13.0. The van der Waals surface area contributed by atoms with Crippen molar-refractivity contribution in [2.45, 2.75) is 46.1 Å². The van der Waals surface area contributed by atoms with Crippen LogP contribution in [0.25, 0.3) is 22.1 Å². The van der Waals surface area contributed by atoms with E-state index in [0.29, 0.717) is 29.1 Å². The van der Waals surface area contributed by atoms with E-state index in [0.717, 1.165) is 12.8 Å². The lowest BCUT2D eigenvalue weighted by atomic mass is 10.1. The predicted octanol–water partition coefficient (Wildman–Crippen LogP) is 3.44. The maximum absolute atomic E-state index is 13.0. The highest BCUT2D eigenvalue weighted by atomic mass is 16.5. The number of unbranched alkanes of at least 4 members (excludes halogenated alkanes) is 1. The van der Waals surface area contributed by atoms with Gasteiger partial charge in [0.15, 0.2) is 5.39 Å². The van der Waals surface area contributed by atoms with Gasteiger partial charge in [-0.05, 0) is 18.6 Å². The van der Waals surface area contributed by atoms with Crippen LogP contribution in [0.1, 0.15) is 45.4 Å². The SMILES string of the molecule is CCCCn1c(C(C)C)nc2oc3cc(OC)ccc3c(=O)c2c1=O. The Bertz CT molecular complexity index is 1050. The fourth-order valence-corrected chi connectivity index (χ4v) is 2.93. The summed E-state index contributed by atoms with van der Waals surface area (Å²) in [6, 6.07) is 4.93. The highest BCUT2D eigenvalue weighted by Crippen LogP contribution is 2.22. The van der Waals surface area contributed by atoms with Crippen molar-refractivity contribution in [3.05, 3.63) is 44.6 Å². The molecule has 25 heavy (non-hydrogen) atoms. The molecule has 132 valence electrons. The van der Waals surface area contributed by atoms with Gasteiger partial charge in [0.25, 0.3) is 5.56 Å². The molecule has 0 amide bonds. The molecule has 0 radical (unpaired) electrons. The summed E-state index contributed by atoms with van der Waals surface area (Å²) in [7, 11) is 1.54. The average Bonchev–Trinajstić information content (AvgIpc) is 2.59. The molecule has 0 bridgehead atoms. The monoisotopic (exact) mass is 342 g/mol. The number of nitrogens with zero attached hydrogens (tertiary/aromatic N) is 2. The summed E-state index contributed by atoms with van der Waals surface area (Å²) in [5, 5.41) is 0.365. The van der Waals surface area contributed by atoms with E-state index in [4.69, 9.17) is 9.15 Å². The molecule has 0 atom stereocenters. The molecule has 0 N–H and O–H groups in total. The van der Waals surface area contributed by atoms with Crippen LogP contribution in [0.4, 0.5) is 0 Å². The highest BCUT2D eigenvalue weighted by molar-refractivity contribution is 5.88. The molecule has 6 heteroatoms. The molecule has 2 heterocycles. The van der Waals surface area contributed by atoms with E-state index < -0.39 is 0 Å². The molecule has 6 nitrogen and oxygen atoms in total. The maximum Gasteiger partial charge on any atom is 0.268 e. The molecule has 0 spiro atoms. The fraction of sp³-hybridized carbons (Fsp3) is 0.421. The first-order valence-corrected chi connectivity index (χ1v) is 8.53. The summed E-state index contributed by atoms with van der Waals surface area (Å²) in [6.45, 7) is 6.55. The Labute approximate surface area is 145 Å². The highest BCUT2D eigenvalue weighted by Gasteiger charge is 2.19. The van der Waals surface area contributed by atoms with E-state index in [1.54, 1.807) is 29.9 Å². The minimum Gasteiger partial charge on any atom is -0.497 e. The zero-order valence-electron chi connectivity index (χ0n) is 15.0. The predicted molar refractivity (Wildman–Crippen MR) is 97.6 cm³/mol. The Hall–Kier alpha value is -2.63. The number of hydrogen-bond acceptors (Lipinski definition) is 5. The van der Waals surface area contributed by atoms with Gasteiger partial charge in [-0.2, -0.15) is 4.98 Å². The molecule has 2 aromatic heterocycles. The van der Waals surface area contributed by atoms with Crippen LogP contribution in [-0.4, -0.2) is 16.7 Å². The second-order valence-corrected chi connectivity index (χ2v) is 6.41. The summed E-state index contributed by atoms with van der Waals surface area (Å²) < 4.78 is 12.6. The lowest BCUT2D eigenvalue weighted by molar-refractivity contribution is 0.414. The number of methoxy groups -OCH3 is 1. The van der Waals surface area contributed by atoms with Gasteiger partial charge in [-0.25, -0.2) is 0 Å². The lowest BCUT2D eigenvalue weighted by Gasteiger charge is -2.15. The van der Waals surface area contributed by atoms with Gasteiger partial charge in [0.05, 0.1) is 12.5 Å². The number of benzene rings is 1. The van der Waals surface area contributed by atoms with Crippen LogP contribution in [0, 0.1) is 0 Å². The van der Waals surface area contributed by atoms with Crippen LogP contribution < -0.4 is 15.7 Å². The standard InChI is InChI=1S/C19H22N2O4/c1-5-6-9-21-17(11(2)3)20-18-15(19(21)23)16(22)13-8-7-12(24-4)10-14(13)25-18/h7-8,10-11H,5-6,9H2,1-4H3. The van der Waals surface area contributed by atoms with E-state index in [1.807, 2.05) is 13.8 Å². The fourth-order valence-electron chi connectivity index (χ4n) is 2.93. The number of aromatic nitrogens is 2. The molecule has 0 unspecified atom stereocenters. The zero-order chi connectivity index (χ0) is 18.1. The molecular weight excluding hydrogens is 320 g/mol. The second-order valence-electron chi connectivity index (χ2n) is 6.41. The Morgan fingerprint density at radius 2 is 2.04 bits per heavy atom. The van der Waals surface area contributed by atoms with Crippen molar-refractivity contribution < 1.29 is 9.15 Å². The average molecular weight is 342 g/mol. The first-order valence-electron chi connectivity index (χ1n) is 8.53. The van der Waals surface area contributed by atoms with Gasteiger partial charge in [-0.15, -0.1) is 0 Å². The van der Waals surface area contributed by atoms with Crippen molar-refractivity contribution in [1.82, 2.24) is 9.55 Å². The molecule has 3 rings (SSSR count). The van der Waals surface area contributed by atoms with Gasteiger partial charge >= 0.3 is 0 Å². The Kier molecular flexibility index (Phi) is 4.61. The van der Waals surface area contributed by atoms with Crippen molar-refractivity contribution in [1.29, 1.82) is 0 Å². The van der Waals surface area contributed by atoms with Crippen molar-refractivity contribution >= 4 is 22.1 Å². The summed E-state index contributed by atoms with van der Waals surface area (Å²) >= 11 is 0. The minimum absolute atomic E-state index is 0.0122. The van der Waals surface area contributed by atoms with E-state index in [1.165, 1.54) is 0 Å². The van der Waals surface area contributed by atoms with Crippen LogP contribution in [0.15, 0.2) is 32.2 Å². The van der Waals surface area contributed by atoms with Crippen LogP contribution in [0.5, 0.6) is 5.75 Å². The normalized spacial score (nSPS) is 11.6. The number of ether oxygens (including phenoxy) is 1. The number of hydrogen-bond donors (Lipinski definition) is 0. The third-order valence-corrected chi connectivity index (χ3v) is 4.28. The molecule has 1 aromatic carbocycles. The van der Waals surface area contributed by atoms with Crippen LogP contribution in [-0.2, 0) is 6.54 Å². The molecule has 3 aromatic rings. The summed E-state index contributed by atoms with van der Waals surface area (Å²) in [5.41, 5.74) is -0.220. The van der Waals surface area contributed by atoms with Gasteiger partial charge in [-0.3, -0.25) is 14.2 Å². The first-order chi connectivity index (χ1) is 12.0. The molecule has 0 fully saturated rings. The van der Waals surface area contributed by atoms with Crippen molar-refractivity contribution in [3.63, 3.8) is 0 Å². The Morgan fingerprint density at radius 1 is 1.28 bits per heavy atom. The molecular formula is C19H22N2O4. The minimum atomic E-state index is -0.350. The quantitative estimate of drug-likeness (QED) is 0.664. The molecule has 0 saturated carbocycles. The van der Waals surface area contributed by atoms with Crippen LogP contribution in [0.3, 0.4) is 0 Å².